The van der Waals surface area contributed by atoms with Gasteiger partial charge in [0.2, 0.25) is 0 Å². The summed E-state index contributed by atoms with van der Waals surface area (Å²) < 4.78 is 0. The second kappa shape index (κ2) is 2.46. The van der Waals surface area contributed by atoms with Crippen molar-refractivity contribution in [2.24, 2.45) is 5.73 Å². The van der Waals surface area contributed by atoms with Crippen LogP contribution in [0.2, 0.25) is 0 Å². The minimum Gasteiger partial charge on any atom is -0.387 e. The maximum atomic E-state index is 8.92. The molecule has 0 aromatic heterocycles. The van der Waals surface area contributed by atoms with Crippen LogP contribution in [0.1, 0.15) is 25.7 Å². The average molecular weight is 114 g/mol. The normalized spacial score (nSPS) is 33.0. The fraction of sp³-hybridized carbons (Fsp3) is 0.833. The molecule has 1 aliphatic carbocycles. The van der Waals surface area contributed by atoms with Crippen LogP contribution in [0.15, 0.2) is 0 Å². The molecule has 0 aromatic carbocycles. The summed E-state index contributed by atoms with van der Waals surface area (Å²) in [5.41, 5.74) is 5.54. The first-order valence-corrected chi connectivity index (χ1v) is 3.08. The summed E-state index contributed by atoms with van der Waals surface area (Å²) >= 11 is 0. The number of hydrogen-bond donors (Lipinski definition) is 2. The average Bonchev–Trinajstić information content (AvgIpc) is 1.64. The van der Waals surface area contributed by atoms with Crippen LogP contribution >= 0.6 is 0 Å². The van der Waals surface area contributed by atoms with E-state index < -0.39 is 0 Å². The molecule has 2 heteroatoms. The van der Waals surface area contributed by atoms with Gasteiger partial charge in [0.15, 0.2) is 0 Å². The molecule has 0 bridgehead atoms. The second-order valence-electron chi connectivity index (χ2n) is 2.42. The molecule has 0 amide bonds. The lowest BCUT2D eigenvalue weighted by Crippen LogP contribution is -2.26. The van der Waals surface area contributed by atoms with E-state index in [0.717, 1.165) is 25.7 Å². The summed E-state index contributed by atoms with van der Waals surface area (Å²) in [6.45, 7) is 0. The highest BCUT2D eigenvalue weighted by atomic mass is 16.3. The van der Waals surface area contributed by atoms with Gasteiger partial charge in [-0.25, -0.2) is 0 Å². The number of hydrogen-bond acceptors (Lipinski definition) is 2. The van der Waals surface area contributed by atoms with E-state index in [2.05, 4.69) is 0 Å². The maximum Gasteiger partial charge on any atom is 0.0948 e. The quantitative estimate of drug-likeness (QED) is 0.489. The van der Waals surface area contributed by atoms with E-state index in [-0.39, 0.29) is 6.04 Å². The van der Waals surface area contributed by atoms with Crippen molar-refractivity contribution in [2.45, 2.75) is 31.7 Å². The standard InChI is InChI=1S/C6H12NO/c7-5-2-1-3-6(8)4-5/h5,8H,1-4,7H2. The molecule has 1 unspecified atom stereocenters. The van der Waals surface area contributed by atoms with Crippen LogP contribution in [0.25, 0.3) is 0 Å². The minimum absolute atomic E-state index is 0.226. The lowest BCUT2D eigenvalue weighted by atomic mass is 9.94. The highest BCUT2D eigenvalue weighted by molar-refractivity contribution is 4.86. The monoisotopic (exact) mass is 114 g/mol. The van der Waals surface area contributed by atoms with Crippen LogP contribution in [-0.4, -0.2) is 11.1 Å². The first-order valence-electron chi connectivity index (χ1n) is 3.08. The van der Waals surface area contributed by atoms with E-state index in [9.17, 15) is 0 Å². The van der Waals surface area contributed by atoms with Gasteiger partial charge in [0.1, 0.15) is 0 Å². The van der Waals surface area contributed by atoms with E-state index >= 15 is 0 Å². The SMILES string of the molecule is NC1CCC[C](O)C1. The Labute approximate surface area is 49.7 Å². The molecule has 1 fully saturated rings. The number of nitrogens with two attached hydrogens (primary N) is 1. The molecule has 0 heterocycles. The number of rotatable bonds is 0. The van der Waals surface area contributed by atoms with E-state index in [4.69, 9.17) is 10.8 Å². The molecule has 0 aromatic rings. The molecule has 8 heavy (non-hydrogen) atoms. The molecule has 3 N–H and O–H groups in total. The zero-order valence-corrected chi connectivity index (χ0v) is 4.93. The summed E-state index contributed by atoms with van der Waals surface area (Å²) in [4.78, 5) is 0. The van der Waals surface area contributed by atoms with E-state index in [1.54, 1.807) is 0 Å². The molecule has 2 nitrogen and oxygen atoms in total. The van der Waals surface area contributed by atoms with Crippen molar-refractivity contribution in [3.8, 4) is 0 Å². The van der Waals surface area contributed by atoms with Crippen LogP contribution in [0.4, 0.5) is 0 Å². The van der Waals surface area contributed by atoms with Crippen molar-refractivity contribution in [1.82, 2.24) is 0 Å². The van der Waals surface area contributed by atoms with Gasteiger partial charge in [-0.1, -0.05) is 0 Å². The molecular formula is C6H12NO. The van der Waals surface area contributed by atoms with Crippen molar-refractivity contribution < 1.29 is 5.11 Å². The van der Waals surface area contributed by atoms with Crippen LogP contribution in [0, 0.1) is 6.10 Å². The van der Waals surface area contributed by atoms with Gasteiger partial charge < -0.3 is 10.8 Å². The molecule has 47 valence electrons. The zero-order chi connectivity index (χ0) is 5.98. The molecular weight excluding hydrogens is 102 g/mol. The van der Waals surface area contributed by atoms with Gasteiger partial charge in [-0.15, -0.1) is 0 Å². The number of aliphatic hydroxyl groups excluding tert-OH is 1. The van der Waals surface area contributed by atoms with Crippen LogP contribution < -0.4 is 5.73 Å². The second-order valence-corrected chi connectivity index (χ2v) is 2.42. The highest BCUT2D eigenvalue weighted by Crippen LogP contribution is 2.21. The zero-order valence-electron chi connectivity index (χ0n) is 4.93. The third-order valence-corrected chi connectivity index (χ3v) is 1.54. The summed E-state index contributed by atoms with van der Waals surface area (Å²) in [5.74, 6) is 0. The molecule has 1 atom stereocenters. The van der Waals surface area contributed by atoms with Gasteiger partial charge in [0.05, 0.1) is 6.10 Å². The smallest absolute Gasteiger partial charge is 0.0948 e. The Bertz CT molecular complexity index is 66.9. The third kappa shape index (κ3) is 1.46. The highest BCUT2D eigenvalue weighted by Gasteiger charge is 2.16. The molecule has 1 radical (unpaired) electrons. The van der Waals surface area contributed by atoms with E-state index in [0.29, 0.717) is 6.10 Å². The van der Waals surface area contributed by atoms with Gasteiger partial charge in [-0.2, -0.15) is 0 Å². The first-order chi connectivity index (χ1) is 3.79. The fourth-order valence-electron chi connectivity index (χ4n) is 1.08. The summed E-state index contributed by atoms with van der Waals surface area (Å²) in [7, 11) is 0. The Balaban J connectivity index is 2.23. The Morgan fingerprint density at radius 1 is 1.62 bits per heavy atom. The van der Waals surface area contributed by atoms with Crippen LogP contribution in [0.5, 0.6) is 0 Å². The lowest BCUT2D eigenvalue weighted by Gasteiger charge is -2.20. The fourth-order valence-corrected chi connectivity index (χ4v) is 1.08. The Hall–Kier alpha value is -0.0800. The third-order valence-electron chi connectivity index (χ3n) is 1.54. The Kier molecular flexibility index (Phi) is 1.86. The summed E-state index contributed by atoms with van der Waals surface area (Å²) in [6, 6.07) is 0.226. The number of aliphatic hydroxyl groups is 1. The largest absolute Gasteiger partial charge is 0.387 e. The Morgan fingerprint density at radius 3 is 2.75 bits per heavy atom. The van der Waals surface area contributed by atoms with Crippen molar-refractivity contribution in [2.75, 3.05) is 0 Å². The Morgan fingerprint density at radius 2 is 2.38 bits per heavy atom. The van der Waals surface area contributed by atoms with Crippen molar-refractivity contribution in [3.05, 3.63) is 6.10 Å². The van der Waals surface area contributed by atoms with E-state index in [1.165, 1.54) is 0 Å². The van der Waals surface area contributed by atoms with Crippen molar-refractivity contribution in [1.29, 1.82) is 0 Å². The van der Waals surface area contributed by atoms with E-state index in [1.807, 2.05) is 0 Å². The van der Waals surface area contributed by atoms with Gasteiger partial charge in [0.25, 0.3) is 0 Å². The predicted molar refractivity (Wildman–Crippen MR) is 31.6 cm³/mol. The van der Waals surface area contributed by atoms with Crippen molar-refractivity contribution >= 4 is 0 Å². The minimum atomic E-state index is 0.226. The molecule has 1 saturated carbocycles. The van der Waals surface area contributed by atoms with Crippen LogP contribution in [-0.2, 0) is 0 Å². The summed E-state index contributed by atoms with van der Waals surface area (Å²) in [6.07, 6.45) is 4.31. The molecule has 1 aliphatic rings. The van der Waals surface area contributed by atoms with Gasteiger partial charge >= 0.3 is 0 Å². The van der Waals surface area contributed by atoms with Gasteiger partial charge in [0, 0.05) is 6.04 Å². The van der Waals surface area contributed by atoms with Crippen LogP contribution in [0.3, 0.4) is 0 Å². The predicted octanol–water partition coefficient (Wildman–Crippen LogP) is 0.792. The molecule has 0 spiro atoms. The first kappa shape index (κ1) is 6.05. The van der Waals surface area contributed by atoms with Gasteiger partial charge in [-0.05, 0) is 25.7 Å². The maximum absolute atomic E-state index is 8.92. The molecule has 1 rings (SSSR count). The van der Waals surface area contributed by atoms with Gasteiger partial charge in [-0.3, -0.25) is 0 Å². The van der Waals surface area contributed by atoms with Crippen molar-refractivity contribution in [3.63, 3.8) is 0 Å². The topological polar surface area (TPSA) is 46.2 Å². The molecule has 0 aliphatic heterocycles. The lowest BCUT2D eigenvalue weighted by molar-refractivity contribution is 0.226. The summed E-state index contributed by atoms with van der Waals surface area (Å²) in [5, 5.41) is 8.92. The molecule has 0 saturated heterocycles.